The lowest BCUT2D eigenvalue weighted by atomic mass is 9.80. The summed E-state index contributed by atoms with van der Waals surface area (Å²) in [5.74, 6) is 1.25. The lowest BCUT2D eigenvalue weighted by Gasteiger charge is -2.41. The lowest BCUT2D eigenvalue weighted by molar-refractivity contribution is 0.243. The maximum atomic E-state index is 13.0. The smallest absolute Gasteiger partial charge is 0.229 e. The molecule has 3 aromatic rings. The van der Waals surface area contributed by atoms with Crippen molar-refractivity contribution in [3.05, 3.63) is 64.8 Å². The third-order valence-electron chi connectivity index (χ3n) is 6.92. The van der Waals surface area contributed by atoms with E-state index in [2.05, 4.69) is 72.7 Å². The second kappa shape index (κ2) is 11.9. The van der Waals surface area contributed by atoms with E-state index in [0.29, 0.717) is 17.1 Å². The van der Waals surface area contributed by atoms with Gasteiger partial charge in [-0.3, -0.25) is 0 Å². The lowest BCUT2D eigenvalue weighted by Crippen LogP contribution is -2.53. The molecule has 0 saturated heterocycles. The van der Waals surface area contributed by atoms with E-state index < -0.39 is 15.1 Å². The first-order chi connectivity index (χ1) is 19.5. The zero-order chi connectivity index (χ0) is 31.0. The van der Waals surface area contributed by atoms with Crippen molar-refractivity contribution >= 4 is 50.2 Å². The number of hydrogen-bond acceptors (Lipinski definition) is 8. The van der Waals surface area contributed by atoms with Gasteiger partial charge in [-0.2, -0.15) is 4.98 Å². The highest BCUT2D eigenvalue weighted by atomic mass is 35.5. The van der Waals surface area contributed by atoms with Gasteiger partial charge < -0.3 is 20.7 Å². The van der Waals surface area contributed by atoms with Gasteiger partial charge in [-0.1, -0.05) is 29.8 Å². The largest absolute Gasteiger partial charge is 0.489 e. The topological polar surface area (TPSA) is 105 Å². The minimum Gasteiger partial charge on any atom is -0.489 e. The molecule has 1 aliphatic rings. The van der Waals surface area contributed by atoms with Crippen LogP contribution in [0.3, 0.4) is 0 Å². The Morgan fingerprint density at radius 3 is 2.36 bits per heavy atom. The summed E-state index contributed by atoms with van der Waals surface area (Å²) in [4.78, 5) is 9.17. The first-order valence-corrected chi connectivity index (χ1v) is 16.1. The predicted octanol–water partition coefficient (Wildman–Crippen LogP) is 7.83. The second-order valence-corrected chi connectivity index (χ2v) is 15.5. The van der Waals surface area contributed by atoms with Crippen LogP contribution in [0.1, 0.15) is 72.9 Å². The van der Waals surface area contributed by atoms with Gasteiger partial charge in [0.05, 0.1) is 33.8 Å². The van der Waals surface area contributed by atoms with Crippen molar-refractivity contribution in [3.8, 4) is 5.75 Å². The number of aromatic nitrogens is 2. The summed E-state index contributed by atoms with van der Waals surface area (Å²) >= 11 is 6.46. The van der Waals surface area contributed by atoms with E-state index in [1.165, 1.54) is 11.8 Å². The molecule has 0 aliphatic carbocycles. The molecule has 0 radical (unpaired) electrons. The molecular formula is C32H42ClN5O3S. The molecule has 0 bridgehead atoms. The summed E-state index contributed by atoms with van der Waals surface area (Å²) in [6.45, 7) is 18.2. The Morgan fingerprint density at radius 2 is 1.71 bits per heavy atom. The zero-order valence-corrected chi connectivity index (χ0v) is 27.5. The van der Waals surface area contributed by atoms with Crippen LogP contribution in [0.25, 0.3) is 5.57 Å². The number of nitrogens with zero attached hydrogens (tertiary/aromatic N) is 2. The number of anilines is 4. The van der Waals surface area contributed by atoms with Crippen molar-refractivity contribution < 1.29 is 13.2 Å². The number of benzene rings is 2. The van der Waals surface area contributed by atoms with E-state index in [9.17, 15) is 8.42 Å². The highest BCUT2D eigenvalue weighted by molar-refractivity contribution is 7.92. The molecule has 1 aromatic heterocycles. The molecule has 0 fully saturated rings. The average molecular weight is 612 g/mol. The van der Waals surface area contributed by atoms with Gasteiger partial charge in [0.15, 0.2) is 15.7 Å². The van der Waals surface area contributed by atoms with E-state index in [0.717, 1.165) is 17.5 Å². The highest BCUT2D eigenvalue weighted by Crippen LogP contribution is 2.40. The van der Waals surface area contributed by atoms with Gasteiger partial charge >= 0.3 is 0 Å². The van der Waals surface area contributed by atoms with Crippen LogP contribution in [0.15, 0.2) is 53.6 Å². The van der Waals surface area contributed by atoms with Crippen LogP contribution in [0.5, 0.6) is 5.75 Å². The third kappa shape index (κ3) is 7.25. The third-order valence-corrected chi connectivity index (χ3v) is 9.41. The highest BCUT2D eigenvalue weighted by Gasteiger charge is 2.33. The van der Waals surface area contributed by atoms with E-state index in [-0.39, 0.29) is 38.9 Å². The normalized spacial score (nSPS) is 16.3. The van der Waals surface area contributed by atoms with Crippen molar-refractivity contribution in [2.45, 2.75) is 96.1 Å². The molecule has 8 nitrogen and oxygen atoms in total. The van der Waals surface area contributed by atoms with Crippen molar-refractivity contribution in [1.29, 1.82) is 0 Å². The molecule has 0 spiro atoms. The standard InChI is InChI=1S/C32H42ClN5O3S/c1-19(2)41-27-15-23(22-16-31(6,7)38-32(8,9)17-22)21(5)14-26(27)36-30-34-18-24(33)29(37-30)35-25-12-10-11-13-28(25)42(39,40)20(3)4/h10-16,18-20,38H,17H2,1-9H3,(H2,34,35,36,37). The molecule has 2 aromatic carbocycles. The first-order valence-electron chi connectivity index (χ1n) is 14.2. The van der Waals surface area contributed by atoms with E-state index >= 15 is 0 Å². The van der Waals surface area contributed by atoms with Gasteiger partial charge in [0.1, 0.15) is 10.8 Å². The SMILES string of the molecule is Cc1cc(Nc2ncc(Cl)c(Nc3ccccc3S(=O)(=O)C(C)C)n2)c(OC(C)C)cc1C1=CC(C)(C)NC(C)(C)C1. The fourth-order valence-corrected chi connectivity index (χ4v) is 6.75. The van der Waals surface area contributed by atoms with Gasteiger partial charge in [-0.25, -0.2) is 13.4 Å². The first kappa shape index (κ1) is 31.8. The van der Waals surface area contributed by atoms with E-state index in [1.54, 1.807) is 38.1 Å². The minimum absolute atomic E-state index is 0.0519. The summed E-state index contributed by atoms with van der Waals surface area (Å²) < 4.78 is 32.2. The summed E-state index contributed by atoms with van der Waals surface area (Å²) in [5.41, 5.74) is 4.41. The summed E-state index contributed by atoms with van der Waals surface area (Å²) in [5, 5.41) is 9.78. The molecule has 2 heterocycles. The molecule has 0 saturated carbocycles. The number of hydrogen-bond donors (Lipinski definition) is 3. The molecule has 0 unspecified atom stereocenters. The number of rotatable bonds is 9. The van der Waals surface area contributed by atoms with Gasteiger partial charge in [-0.05, 0) is 110 Å². The molecule has 42 heavy (non-hydrogen) atoms. The molecule has 0 amide bonds. The Bertz CT molecular complexity index is 1610. The Morgan fingerprint density at radius 1 is 1.02 bits per heavy atom. The van der Waals surface area contributed by atoms with Crippen LogP contribution in [0.4, 0.5) is 23.1 Å². The summed E-state index contributed by atoms with van der Waals surface area (Å²) in [7, 11) is -3.54. The second-order valence-electron chi connectivity index (χ2n) is 12.6. The van der Waals surface area contributed by atoms with Crippen LogP contribution < -0.4 is 20.7 Å². The molecule has 10 heteroatoms. The van der Waals surface area contributed by atoms with E-state index in [1.807, 2.05) is 19.9 Å². The van der Waals surface area contributed by atoms with E-state index in [4.69, 9.17) is 16.3 Å². The average Bonchev–Trinajstić information content (AvgIpc) is 2.85. The number of aryl methyl sites for hydroxylation is 1. The monoisotopic (exact) mass is 611 g/mol. The van der Waals surface area contributed by atoms with Crippen LogP contribution in [0, 0.1) is 6.92 Å². The fraction of sp³-hybridized carbons (Fsp3) is 0.438. The quantitative estimate of drug-likeness (QED) is 0.225. The zero-order valence-electron chi connectivity index (χ0n) is 25.9. The Kier molecular flexibility index (Phi) is 8.98. The van der Waals surface area contributed by atoms with Crippen LogP contribution in [-0.2, 0) is 9.84 Å². The number of ether oxygens (including phenoxy) is 1. The molecule has 1 aliphatic heterocycles. The van der Waals surface area contributed by atoms with Crippen LogP contribution >= 0.6 is 11.6 Å². The maximum Gasteiger partial charge on any atom is 0.229 e. The van der Waals surface area contributed by atoms with Crippen LogP contribution in [0.2, 0.25) is 5.02 Å². The number of nitrogens with one attached hydrogen (secondary N) is 3. The maximum absolute atomic E-state index is 13.0. The number of para-hydroxylation sites is 1. The molecule has 3 N–H and O–H groups in total. The fourth-order valence-electron chi connectivity index (χ4n) is 5.41. The molecule has 4 rings (SSSR count). The predicted molar refractivity (Wildman–Crippen MR) is 173 cm³/mol. The van der Waals surface area contributed by atoms with Gasteiger partial charge in [-0.15, -0.1) is 0 Å². The van der Waals surface area contributed by atoms with Crippen molar-refractivity contribution in [1.82, 2.24) is 15.3 Å². The Balaban J connectivity index is 1.71. The van der Waals surface area contributed by atoms with Crippen LogP contribution in [-0.4, -0.2) is 40.8 Å². The van der Waals surface area contributed by atoms with Gasteiger partial charge in [0.2, 0.25) is 5.95 Å². The molecule has 226 valence electrons. The number of halogens is 1. The van der Waals surface area contributed by atoms with Crippen molar-refractivity contribution in [2.75, 3.05) is 10.6 Å². The summed E-state index contributed by atoms with van der Waals surface area (Å²) in [6, 6.07) is 10.9. The Labute approximate surface area is 255 Å². The molecular weight excluding hydrogens is 570 g/mol. The van der Waals surface area contributed by atoms with Gasteiger partial charge in [0.25, 0.3) is 0 Å². The van der Waals surface area contributed by atoms with Crippen molar-refractivity contribution in [2.24, 2.45) is 0 Å². The molecule has 0 atom stereocenters. The van der Waals surface area contributed by atoms with Crippen molar-refractivity contribution in [3.63, 3.8) is 0 Å². The summed E-state index contributed by atoms with van der Waals surface area (Å²) in [6.07, 6.45) is 4.60. The number of sulfone groups is 1. The minimum atomic E-state index is -3.54. The van der Waals surface area contributed by atoms with Gasteiger partial charge in [0, 0.05) is 11.1 Å². The Hall–Kier alpha value is -3.14.